The Morgan fingerprint density at radius 1 is 1.04 bits per heavy atom. The molecule has 1 amide bonds. The van der Waals surface area contributed by atoms with Crippen LogP contribution in [0.25, 0.3) is 0 Å². The van der Waals surface area contributed by atoms with E-state index in [0.29, 0.717) is 18.1 Å². The number of rotatable bonds is 6. The van der Waals surface area contributed by atoms with Gasteiger partial charge in [0.05, 0.1) is 6.42 Å². The van der Waals surface area contributed by atoms with Crippen molar-refractivity contribution < 1.29 is 13.9 Å². The number of hydrogen-bond donors (Lipinski definition) is 1. The van der Waals surface area contributed by atoms with Crippen LogP contribution in [-0.4, -0.2) is 22.7 Å². The summed E-state index contributed by atoms with van der Waals surface area (Å²) in [6.45, 7) is 5.99. The summed E-state index contributed by atoms with van der Waals surface area (Å²) in [5.41, 5.74) is 4.66. The average molecular weight is 351 g/mol. The molecule has 0 aliphatic carbocycles. The molecule has 1 heterocycles. The first kappa shape index (κ1) is 17.7. The molecule has 0 atom stereocenters. The minimum Gasteiger partial charge on any atom is -0.484 e. The predicted molar refractivity (Wildman–Crippen MR) is 98.3 cm³/mol. The van der Waals surface area contributed by atoms with Crippen molar-refractivity contribution in [2.45, 2.75) is 27.2 Å². The number of carbonyl (C=O) groups is 1. The van der Waals surface area contributed by atoms with E-state index in [4.69, 9.17) is 9.15 Å². The van der Waals surface area contributed by atoms with Crippen molar-refractivity contribution in [1.29, 1.82) is 0 Å². The topological polar surface area (TPSA) is 77.2 Å². The molecule has 0 bridgehead atoms. The summed E-state index contributed by atoms with van der Waals surface area (Å²) < 4.78 is 10.9. The fourth-order valence-electron chi connectivity index (χ4n) is 2.40. The Morgan fingerprint density at radius 3 is 2.54 bits per heavy atom. The van der Waals surface area contributed by atoms with Gasteiger partial charge in [-0.05, 0) is 49.6 Å². The number of aromatic nitrogens is 2. The van der Waals surface area contributed by atoms with Gasteiger partial charge in [0.1, 0.15) is 5.75 Å². The third kappa shape index (κ3) is 4.69. The van der Waals surface area contributed by atoms with E-state index >= 15 is 0 Å². The first-order valence-electron chi connectivity index (χ1n) is 8.37. The van der Waals surface area contributed by atoms with E-state index in [-0.39, 0.29) is 18.5 Å². The molecule has 0 unspecified atom stereocenters. The lowest BCUT2D eigenvalue weighted by atomic mass is 10.0. The van der Waals surface area contributed by atoms with Crippen LogP contribution >= 0.6 is 0 Å². The SMILES string of the molecule is Cc1ccc(OCC(=O)Nc2nnc(Cc3ccc(C)c(C)c3)o2)cc1. The fraction of sp³-hybridized carbons (Fsp3) is 0.250. The van der Waals surface area contributed by atoms with Crippen LogP contribution in [0, 0.1) is 20.8 Å². The number of nitrogens with zero attached hydrogens (tertiary/aromatic N) is 2. The Labute approximate surface area is 152 Å². The van der Waals surface area contributed by atoms with Gasteiger partial charge in [-0.3, -0.25) is 10.1 Å². The molecule has 0 aliphatic heterocycles. The summed E-state index contributed by atoms with van der Waals surface area (Å²) in [6, 6.07) is 13.7. The molecule has 6 heteroatoms. The van der Waals surface area contributed by atoms with Crippen molar-refractivity contribution in [2.75, 3.05) is 11.9 Å². The van der Waals surface area contributed by atoms with Crippen LogP contribution in [0.4, 0.5) is 6.01 Å². The Balaban J connectivity index is 1.53. The second kappa shape index (κ2) is 7.82. The first-order valence-corrected chi connectivity index (χ1v) is 8.37. The van der Waals surface area contributed by atoms with Crippen LogP contribution in [0.1, 0.15) is 28.1 Å². The summed E-state index contributed by atoms with van der Waals surface area (Å²) in [5, 5.41) is 10.4. The number of benzene rings is 2. The van der Waals surface area contributed by atoms with Gasteiger partial charge in [-0.2, -0.15) is 0 Å². The van der Waals surface area contributed by atoms with E-state index in [0.717, 1.165) is 11.1 Å². The predicted octanol–water partition coefficient (Wildman–Crippen LogP) is 3.60. The van der Waals surface area contributed by atoms with Crippen molar-refractivity contribution in [1.82, 2.24) is 10.2 Å². The minimum absolute atomic E-state index is 0.0707. The number of aryl methyl sites for hydroxylation is 3. The molecule has 0 spiro atoms. The van der Waals surface area contributed by atoms with E-state index < -0.39 is 0 Å². The molecule has 1 aromatic heterocycles. The van der Waals surface area contributed by atoms with Crippen LogP contribution < -0.4 is 10.1 Å². The molecule has 0 fully saturated rings. The summed E-state index contributed by atoms with van der Waals surface area (Å²) >= 11 is 0. The third-order valence-electron chi connectivity index (χ3n) is 4.03. The molecule has 0 saturated carbocycles. The highest BCUT2D eigenvalue weighted by atomic mass is 16.5. The maximum atomic E-state index is 11.9. The van der Waals surface area contributed by atoms with Gasteiger partial charge in [0.15, 0.2) is 6.61 Å². The van der Waals surface area contributed by atoms with Gasteiger partial charge in [0, 0.05) is 0 Å². The van der Waals surface area contributed by atoms with Crippen molar-refractivity contribution in [2.24, 2.45) is 0 Å². The standard InChI is InChI=1S/C20H21N3O3/c1-13-4-8-17(9-5-13)25-12-18(24)21-20-23-22-19(26-20)11-16-7-6-14(2)15(3)10-16/h4-10H,11-12H2,1-3H3,(H,21,23,24). The molecule has 3 aromatic rings. The smallest absolute Gasteiger partial charge is 0.322 e. The molecular formula is C20H21N3O3. The second-order valence-corrected chi connectivity index (χ2v) is 6.25. The number of anilines is 1. The lowest BCUT2D eigenvalue weighted by Gasteiger charge is -2.05. The number of hydrogen-bond acceptors (Lipinski definition) is 5. The van der Waals surface area contributed by atoms with Gasteiger partial charge < -0.3 is 9.15 Å². The van der Waals surface area contributed by atoms with E-state index in [2.05, 4.69) is 41.5 Å². The van der Waals surface area contributed by atoms with Crippen LogP contribution in [0.2, 0.25) is 0 Å². The molecule has 2 aromatic carbocycles. The highest BCUT2D eigenvalue weighted by molar-refractivity contribution is 5.89. The van der Waals surface area contributed by atoms with Gasteiger partial charge in [0.25, 0.3) is 5.91 Å². The third-order valence-corrected chi connectivity index (χ3v) is 4.03. The summed E-state index contributed by atoms with van der Waals surface area (Å²) in [5.74, 6) is 0.724. The van der Waals surface area contributed by atoms with Crippen LogP contribution in [0.5, 0.6) is 5.75 Å². The van der Waals surface area contributed by atoms with E-state index in [9.17, 15) is 4.79 Å². The molecule has 0 radical (unpaired) electrons. The Hall–Kier alpha value is -3.15. The van der Waals surface area contributed by atoms with Crippen LogP contribution in [-0.2, 0) is 11.2 Å². The quantitative estimate of drug-likeness (QED) is 0.734. The zero-order valence-corrected chi connectivity index (χ0v) is 15.1. The zero-order chi connectivity index (χ0) is 18.5. The molecule has 3 rings (SSSR count). The highest BCUT2D eigenvalue weighted by Gasteiger charge is 2.11. The summed E-state index contributed by atoms with van der Waals surface area (Å²) in [7, 11) is 0. The van der Waals surface area contributed by atoms with E-state index in [1.807, 2.05) is 37.3 Å². The van der Waals surface area contributed by atoms with Crippen molar-refractivity contribution in [3.8, 4) is 5.75 Å². The first-order chi connectivity index (χ1) is 12.5. The summed E-state index contributed by atoms with van der Waals surface area (Å²) in [4.78, 5) is 11.9. The number of ether oxygens (including phenoxy) is 1. The zero-order valence-electron chi connectivity index (χ0n) is 15.1. The molecule has 1 N–H and O–H groups in total. The van der Waals surface area contributed by atoms with Gasteiger partial charge in [-0.1, -0.05) is 41.0 Å². The van der Waals surface area contributed by atoms with Crippen molar-refractivity contribution in [3.05, 3.63) is 70.6 Å². The largest absolute Gasteiger partial charge is 0.484 e. The maximum Gasteiger partial charge on any atom is 0.322 e. The van der Waals surface area contributed by atoms with E-state index in [1.165, 1.54) is 11.1 Å². The van der Waals surface area contributed by atoms with Crippen molar-refractivity contribution in [3.63, 3.8) is 0 Å². The number of carbonyl (C=O) groups excluding carboxylic acids is 1. The Bertz CT molecular complexity index is 901. The summed E-state index contributed by atoms with van der Waals surface area (Å²) in [6.07, 6.45) is 0.518. The maximum absolute atomic E-state index is 11.9. The van der Waals surface area contributed by atoms with Crippen LogP contribution in [0.3, 0.4) is 0 Å². The fourth-order valence-corrected chi connectivity index (χ4v) is 2.40. The normalized spacial score (nSPS) is 10.6. The second-order valence-electron chi connectivity index (χ2n) is 6.25. The number of nitrogens with one attached hydrogen (secondary N) is 1. The van der Waals surface area contributed by atoms with E-state index in [1.54, 1.807) is 0 Å². The molecule has 0 saturated heterocycles. The molecule has 0 aliphatic rings. The van der Waals surface area contributed by atoms with Crippen molar-refractivity contribution >= 4 is 11.9 Å². The van der Waals surface area contributed by atoms with Gasteiger partial charge in [-0.15, -0.1) is 5.10 Å². The monoisotopic (exact) mass is 351 g/mol. The molecule has 26 heavy (non-hydrogen) atoms. The highest BCUT2D eigenvalue weighted by Crippen LogP contribution is 2.15. The molecule has 134 valence electrons. The molecule has 6 nitrogen and oxygen atoms in total. The minimum atomic E-state index is -0.355. The van der Waals surface area contributed by atoms with Gasteiger partial charge >= 0.3 is 6.01 Å². The van der Waals surface area contributed by atoms with Gasteiger partial charge in [-0.25, -0.2) is 0 Å². The number of amides is 1. The van der Waals surface area contributed by atoms with Gasteiger partial charge in [0.2, 0.25) is 5.89 Å². The Morgan fingerprint density at radius 2 is 1.81 bits per heavy atom. The lowest BCUT2D eigenvalue weighted by molar-refractivity contribution is -0.118. The average Bonchev–Trinajstić information content (AvgIpc) is 3.04. The Kier molecular flexibility index (Phi) is 5.31. The molecular weight excluding hydrogens is 330 g/mol. The van der Waals surface area contributed by atoms with Crippen LogP contribution in [0.15, 0.2) is 46.9 Å². The lowest BCUT2D eigenvalue weighted by Crippen LogP contribution is -2.20.